The molecule has 1 fully saturated rings. The van der Waals surface area contributed by atoms with Crippen molar-refractivity contribution in [2.24, 2.45) is 0 Å². The van der Waals surface area contributed by atoms with Crippen LogP contribution in [0.5, 0.6) is 0 Å². The molecule has 6 nitrogen and oxygen atoms in total. The fraction of sp³-hybridized carbons (Fsp3) is 0.833. The zero-order chi connectivity index (χ0) is 14.1. The highest BCUT2D eigenvalue weighted by atomic mass is 16.6. The smallest absolute Gasteiger partial charge is 0.410 e. The average Bonchev–Trinajstić information content (AvgIpc) is 2.12. The van der Waals surface area contributed by atoms with Gasteiger partial charge in [-0.3, -0.25) is 4.90 Å². The van der Waals surface area contributed by atoms with Crippen LogP contribution in [0, 0.1) is 0 Å². The molecule has 0 saturated carbocycles. The molecule has 0 aliphatic carbocycles. The van der Waals surface area contributed by atoms with Crippen molar-refractivity contribution in [3.05, 3.63) is 0 Å². The number of rotatable bonds is 0. The molecule has 0 unspecified atom stereocenters. The minimum absolute atomic E-state index is 0.223. The molecule has 0 radical (unpaired) electrons. The van der Waals surface area contributed by atoms with E-state index in [1.54, 1.807) is 18.7 Å². The van der Waals surface area contributed by atoms with Crippen LogP contribution in [0.2, 0.25) is 0 Å². The number of carboxylic acid groups (broad SMARTS) is 1. The van der Waals surface area contributed by atoms with E-state index in [2.05, 4.69) is 0 Å². The Morgan fingerprint density at radius 1 is 1.17 bits per heavy atom. The second-order valence-corrected chi connectivity index (χ2v) is 5.77. The van der Waals surface area contributed by atoms with Crippen LogP contribution < -0.4 is 0 Å². The van der Waals surface area contributed by atoms with Gasteiger partial charge in [-0.25, -0.2) is 9.59 Å². The number of hydrogen-bond acceptors (Lipinski definition) is 3. The monoisotopic (exact) mass is 258 g/mol. The first-order valence-electron chi connectivity index (χ1n) is 6.11. The van der Waals surface area contributed by atoms with E-state index in [9.17, 15) is 9.59 Å². The third kappa shape index (κ3) is 3.51. The summed E-state index contributed by atoms with van der Waals surface area (Å²) in [5.74, 6) is 0. The molecule has 2 atom stereocenters. The molecule has 0 aromatic heterocycles. The van der Waals surface area contributed by atoms with Gasteiger partial charge in [-0.15, -0.1) is 0 Å². The molecule has 6 heteroatoms. The highest BCUT2D eigenvalue weighted by molar-refractivity contribution is 5.70. The first-order chi connectivity index (χ1) is 8.11. The summed E-state index contributed by atoms with van der Waals surface area (Å²) in [6, 6.07) is -0.447. The van der Waals surface area contributed by atoms with Crippen LogP contribution in [0.25, 0.3) is 0 Å². The Labute approximate surface area is 107 Å². The highest BCUT2D eigenvalue weighted by Crippen LogP contribution is 2.18. The van der Waals surface area contributed by atoms with Crippen molar-refractivity contribution in [1.82, 2.24) is 9.80 Å². The molecule has 1 aliphatic heterocycles. The zero-order valence-corrected chi connectivity index (χ0v) is 11.6. The molecular formula is C12H22N2O4. The SMILES string of the molecule is C[C@@H]1CN(C(=O)OC(C)(C)C)C[C@H](C)N1C(=O)O. The molecule has 1 aliphatic rings. The number of nitrogens with zero attached hydrogens (tertiary/aromatic N) is 2. The number of ether oxygens (including phenoxy) is 1. The van der Waals surface area contributed by atoms with Crippen molar-refractivity contribution in [2.75, 3.05) is 13.1 Å². The van der Waals surface area contributed by atoms with Gasteiger partial charge in [-0.05, 0) is 34.6 Å². The number of hydrogen-bond donors (Lipinski definition) is 1. The van der Waals surface area contributed by atoms with Crippen LogP contribution in [0.15, 0.2) is 0 Å². The van der Waals surface area contributed by atoms with Crippen molar-refractivity contribution in [2.45, 2.75) is 52.3 Å². The second-order valence-electron chi connectivity index (χ2n) is 5.77. The maximum Gasteiger partial charge on any atom is 0.410 e. The van der Waals surface area contributed by atoms with E-state index in [-0.39, 0.29) is 18.2 Å². The van der Waals surface area contributed by atoms with Crippen LogP contribution in [0.1, 0.15) is 34.6 Å². The van der Waals surface area contributed by atoms with Gasteiger partial charge in [0.25, 0.3) is 0 Å². The maximum absolute atomic E-state index is 11.9. The Bertz CT molecular complexity index is 325. The van der Waals surface area contributed by atoms with Crippen molar-refractivity contribution >= 4 is 12.2 Å². The lowest BCUT2D eigenvalue weighted by molar-refractivity contribution is -0.00412. The lowest BCUT2D eigenvalue weighted by Crippen LogP contribution is -2.60. The van der Waals surface area contributed by atoms with Crippen LogP contribution in [0.4, 0.5) is 9.59 Å². The van der Waals surface area contributed by atoms with Gasteiger partial charge in [0, 0.05) is 13.1 Å². The standard InChI is InChI=1S/C12H22N2O4/c1-8-6-13(11(17)18-12(3,4)5)7-9(2)14(8)10(15)16/h8-9H,6-7H2,1-5H3,(H,15,16)/t8-,9+. The lowest BCUT2D eigenvalue weighted by Gasteiger charge is -2.42. The zero-order valence-electron chi connectivity index (χ0n) is 11.6. The summed E-state index contributed by atoms with van der Waals surface area (Å²) in [4.78, 5) is 25.9. The quantitative estimate of drug-likeness (QED) is 0.721. The molecule has 0 aromatic rings. The fourth-order valence-corrected chi connectivity index (χ4v) is 2.18. The van der Waals surface area contributed by atoms with Gasteiger partial charge in [-0.1, -0.05) is 0 Å². The molecule has 0 spiro atoms. The fourth-order valence-electron chi connectivity index (χ4n) is 2.18. The molecule has 1 saturated heterocycles. The van der Waals surface area contributed by atoms with Crippen LogP contribution in [0.3, 0.4) is 0 Å². The van der Waals surface area contributed by atoms with Crippen molar-refractivity contribution in [1.29, 1.82) is 0 Å². The Hall–Kier alpha value is -1.46. The van der Waals surface area contributed by atoms with Crippen molar-refractivity contribution < 1.29 is 19.4 Å². The summed E-state index contributed by atoms with van der Waals surface area (Å²) in [6.45, 7) is 9.75. The highest BCUT2D eigenvalue weighted by Gasteiger charge is 2.36. The number of carbonyl (C=O) groups excluding carboxylic acids is 1. The summed E-state index contributed by atoms with van der Waals surface area (Å²) in [6.07, 6.45) is -1.33. The van der Waals surface area contributed by atoms with Crippen LogP contribution in [-0.4, -0.2) is 57.9 Å². The van der Waals surface area contributed by atoms with Gasteiger partial charge < -0.3 is 14.7 Å². The number of piperazine rings is 1. The maximum atomic E-state index is 11.9. The third-order valence-corrected chi connectivity index (χ3v) is 2.79. The molecule has 18 heavy (non-hydrogen) atoms. The summed E-state index contributed by atoms with van der Waals surface area (Å²) in [7, 11) is 0. The van der Waals surface area contributed by atoms with Gasteiger partial charge >= 0.3 is 12.2 Å². The van der Waals surface area contributed by atoms with Gasteiger partial charge in [0.1, 0.15) is 5.60 Å². The van der Waals surface area contributed by atoms with E-state index in [1.807, 2.05) is 20.8 Å². The molecule has 1 rings (SSSR count). The molecule has 0 bridgehead atoms. The Morgan fingerprint density at radius 3 is 1.94 bits per heavy atom. The summed E-state index contributed by atoms with van der Waals surface area (Å²) < 4.78 is 5.29. The molecule has 0 aromatic carbocycles. The summed E-state index contributed by atoms with van der Waals surface area (Å²) in [5.41, 5.74) is -0.534. The van der Waals surface area contributed by atoms with E-state index in [0.717, 1.165) is 0 Å². The second kappa shape index (κ2) is 5.04. The third-order valence-electron chi connectivity index (χ3n) is 2.79. The van der Waals surface area contributed by atoms with E-state index < -0.39 is 11.7 Å². The van der Waals surface area contributed by atoms with Crippen molar-refractivity contribution in [3.8, 4) is 0 Å². The Balaban J connectivity index is 2.68. The van der Waals surface area contributed by atoms with E-state index in [0.29, 0.717) is 13.1 Å². The summed E-state index contributed by atoms with van der Waals surface area (Å²) >= 11 is 0. The van der Waals surface area contributed by atoms with Gasteiger partial charge in [-0.2, -0.15) is 0 Å². The predicted octanol–water partition coefficient (Wildman–Crippen LogP) is 1.99. The number of amides is 2. The van der Waals surface area contributed by atoms with Crippen molar-refractivity contribution in [3.63, 3.8) is 0 Å². The average molecular weight is 258 g/mol. The van der Waals surface area contributed by atoms with Crippen LogP contribution >= 0.6 is 0 Å². The normalized spacial score (nSPS) is 24.9. The van der Waals surface area contributed by atoms with E-state index >= 15 is 0 Å². The number of carbonyl (C=O) groups is 2. The first kappa shape index (κ1) is 14.6. The molecule has 104 valence electrons. The van der Waals surface area contributed by atoms with E-state index in [4.69, 9.17) is 9.84 Å². The van der Waals surface area contributed by atoms with Gasteiger partial charge in [0.15, 0.2) is 0 Å². The topological polar surface area (TPSA) is 70.1 Å². The van der Waals surface area contributed by atoms with Crippen LogP contribution in [-0.2, 0) is 4.74 Å². The minimum atomic E-state index is -0.946. The Morgan fingerprint density at radius 2 is 1.61 bits per heavy atom. The van der Waals surface area contributed by atoms with E-state index in [1.165, 1.54) is 4.90 Å². The summed E-state index contributed by atoms with van der Waals surface area (Å²) in [5, 5.41) is 9.08. The van der Waals surface area contributed by atoms with Gasteiger partial charge in [0.2, 0.25) is 0 Å². The molecule has 2 amide bonds. The predicted molar refractivity (Wildman–Crippen MR) is 66.6 cm³/mol. The minimum Gasteiger partial charge on any atom is -0.465 e. The Kier molecular flexibility index (Phi) is 4.09. The lowest BCUT2D eigenvalue weighted by atomic mass is 10.1. The molecule has 1 N–H and O–H groups in total. The molecule has 1 heterocycles. The largest absolute Gasteiger partial charge is 0.465 e. The molecular weight excluding hydrogens is 236 g/mol. The van der Waals surface area contributed by atoms with Gasteiger partial charge in [0.05, 0.1) is 12.1 Å². The first-order valence-corrected chi connectivity index (χ1v) is 6.11.